The summed E-state index contributed by atoms with van der Waals surface area (Å²) in [6.07, 6.45) is 0. The van der Waals surface area contributed by atoms with Crippen molar-refractivity contribution in [2.45, 2.75) is 4.90 Å². The topological polar surface area (TPSA) is 58.6 Å². The van der Waals surface area contributed by atoms with Crippen LogP contribution in [0.25, 0.3) is 10.8 Å². The standard InChI is InChI=1S/C15H17NO3S/c1-19-9-8-16-15(18)10-20-14-7-6-13(17)11-4-2-3-5-12(11)14/h2-7,17H,8-10H2,1H3,(H,16,18). The number of carbonyl (C=O) groups is 1. The van der Waals surface area contributed by atoms with Crippen LogP contribution in [0.5, 0.6) is 5.75 Å². The molecule has 0 radical (unpaired) electrons. The van der Waals surface area contributed by atoms with Gasteiger partial charge in [-0.2, -0.15) is 0 Å². The summed E-state index contributed by atoms with van der Waals surface area (Å²) in [6.45, 7) is 1.03. The molecule has 2 rings (SSSR count). The predicted octanol–water partition coefficient (Wildman–Crippen LogP) is 2.40. The fourth-order valence-electron chi connectivity index (χ4n) is 1.87. The molecule has 0 fully saturated rings. The Morgan fingerprint density at radius 2 is 2.00 bits per heavy atom. The third kappa shape index (κ3) is 3.65. The molecule has 0 aliphatic heterocycles. The lowest BCUT2D eigenvalue weighted by Crippen LogP contribution is -2.28. The molecule has 0 unspecified atom stereocenters. The van der Waals surface area contributed by atoms with Crippen LogP contribution in [0, 0.1) is 0 Å². The van der Waals surface area contributed by atoms with E-state index in [9.17, 15) is 9.90 Å². The molecular weight excluding hydrogens is 274 g/mol. The van der Waals surface area contributed by atoms with E-state index >= 15 is 0 Å². The Kier molecular flexibility index (Phi) is 5.26. The van der Waals surface area contributed by atoms with E-state index in [4.69, 9.17) is 4.74 Å². The summed E-state index contributed by atoms with van der Waals surface area (Å²) < 4.78 is 4.88. The molecule has 2 N–H and O–H groups in total. The monoisotopic (exact) mass is 291 g/mol. The fourth-order valence-corrected chi connectivity index (χ4v) is 2.75. The van der Waals surface area contributed by atoms with E-state index in [1.165, 1.54) is 11.8 Å². The summed E-state index contributed by atoms with van der Waals surface area (Å²) in [7, 11) is 1.60. The number of aromatic hydroxyl groups is 1. The third-order valence-corrected chi connectivity index (χ3v) is 3.92. The Balaban J connectivity index is 2.03. The zero-order valence-electron chi connectivity index (χ0n) is 11.3. The van der Waals surface area contributed by atoms with Crippen molar-refractivity contribution in [3.8, 4) is 5.75 Å². The lowest BCUT2D eigenvalue weighted by Gasteiger charge is -2.08. The molecule has 4 nitrogen and oxygen atoms in total. The second-order valence-electron chi connectivity index (χ2n) is 4.26. The first kappa shape index (κ1) is 14.7. The van der Waals surface area contributed by atoms with Crippen molar-refractivity contribution >= 4 is 28.4 Å². The minimum absolute atomic E-state index is 0.0239. The van der Waals surface area contributed by atoms with Gasteiger partial charge in [0.1, 0.15) is 5.75 Å². The van der Waals surface area contributed by atoms with Crippen molar-refractivity contribution in [3.63, 3.8) is 0 Å². The number of hydrogen-bond acceptors (Lipinski definition) is 4. The molecule has 0 aliphatic rings. The number of rotatable bonds is 6. The first-order valence-corrected chi connectivity index (χ1v) is 7.30. The first-order valence-electron chi connectivity index (χ1n) is 6.31. The van der Waals surface area contributed by atoms with Crippen molar-refractivity contribution in [3.05, 3.63) is 36.4 Å². The number of hydrogen-bond donors (Lipinski definition) is 2. The SMILES string of the molecule is COCCNC(=O)CSc1ccc(O)c2ccccc12. The van der Waals surface area contributed by atoms with E-state index in [0.29, 0.717) is 18.9 Å². The Labute approximate surface area is 122 Å². The van der Waals surface area contributed by atoms with Crippen molar-refractivity contribution in [2.24, 2.45) is 0 Å². The van der Waals surface area contributed by atoms with E-state index < -0.39 is 0 Å². The van der Waals surface area contributed by atoms with Crippen LogP contribution in [0.1, 0.15) is 0 Å². The lowest BCUT2D eigenvalue weighted by molar-refractivity contribution is -0.118. The van der Waals surface area contributed by atoms with Gasteiger partial charge in [0.25, 0.3) is 0 Å². The van der Waals surface area contributed by atoms with Gasteiger partial charge in [0.05, 0.1) is 12.4 Å². The van der Waals surface area contributed by atoms with Gasteiger partial charge >= 0.3 is 0 Å². The number of methoxy groups -OCH3 is 1. The van der Waals surface area contributed by atoms with Gasteiger partial charge in [-0.25, -0.2) is 0 Å². The molecule has 0 bridgehead atoms. The molecule has 2 aromatic carbocycles. The summed E-state index contributed by atoms with van der Waals surface area (Å²) in [5.74, 6) is 0.581. The Hall–Kier alpha value is -1.72. The number of fused-ring (bicyclic) bond motifs is 1. The summed E-state index contributed by atoms with van der Waals surface area (Å²) in [4.78, 5) is 12.6. The first-order chi connectivity index (χ1) is 9.72. The minimum Gasteiger partial charge on any atom is -0.507 e. The van der Waals surface area contributed by atoms with E-state index in [1.807, 2.05) is 30.3 Å². The van der Waals surface area contributed by atoms with Crippen molar-refractivity contribution in [1.29, 1.82) is 0 Å². The zero-order valence-corrected chi connectivity index (χ0v) is 12.1. The van der Waals surface area contributed by atoms with E-state index in [-0.39, 0.29) is 11.7 Å². The second kappa shape index (κ2) is 7.17. The van der Waals surface area contributed by atoms with Gasteiger partial charge in [0, 0.05) is 23.9 Å². The Morgan fingerprint density at radius 1 is 1.25 bits per heavy atom. The number of phenols is 1. The van der Waals surface area contributed by atoms with E-state index in [1.54, 1.807) is 13.2 Å². The molecule has 0 saturated heterocycles. The van der Waals surface area contributed by atoms with Crippen molar-refractivity contribution < 1.29 is 14.6 Å². The van der Waals surface area contributed by atoms with Crippen molar-refractivity contribution in [2.75, 3.05) is 26.0 Å². The molecule has 106 valence electrons. The Morgan fingerprint density at radius 3 is 2.75 bits per heavy atom. The van der Waals surface area contributed by atoms with Crippen LogP contribution in [0.2, 0.25) is 0 Å². The highest BCUT2D eigenvalue weighted by molar-refractivity contribution is 8.00. The number of phenolic OH excluding ortho intramolecular Hbond substituents is 1. The molecule has 0 atom stereocenters. The molecule has 0 spiro atoms. The molecule has 0 aliphatic carbocycles. The molecule has 0 aromatic heterocycles. The van der Waals surface area contributed by atoms with E-state index in [2.05, 4.69) is 5.32 Å². The lowest BCUT2D eigenvalue weighted by atomic mass is 10.1. The molecular formula is C15H17NO3S. The number of nitrogens with one attached hydrogen (secondary N) is 1. The second-order valence-corrected chi connectivity index (χ2v) is 5.28. The van der Waals surface area contributed by atoms with Crippen LogP contribution < -0.4 is 5.32 Å². The van der Waals surface area contributed by atoms with Gasteiger partial charge in [0.15, 0.2) is 0 Å². The number of thioether (sulfide) groups is 1. The van der Waals surface area contributed by atoms with Crippen LogP contribution in [0.15, 0.2) is 41.3 Å². The highest BCUT2D eigenvalue weighted by Gasteiger charge is 2.07. The molecule has 1 amide bonds. The summed E-state index contributed by atoms with van der Waals surface area (Å²) in [5.41, 5.74) is 0. The van der Waals surface area contributed by atoms with Crippen molar-refractivity contribution in [1.82, 2.24) is 5.32 Å². The number of carbonyl (C=O) groups excluding carboxylic acids is 1. The smallest absolute Gasteiger partial charge is 0.230 e. The number of ether oxygens (including phenoxy) is 1. The van der Waals surface area contributed by atoms with Crippen LogP contribution in [0.3, 0.4) is 0 Å². The molecule has 0 heterocycles. The zero-order chi connectivity index (χ0) is 14.4. The van der Waals surface area contributed by atoms with Gasteiger partial charge in [-0.05, 0) is 17.5 Å². The summed E-state index contributed by atoms with van der Waals surface area (Å²) in [6, 6.07) is 11.1. The quantitative estimate of drug-likeness (QED) is 0.634. The fraction of sp³-hybridized carbons (Fsp3) is 0.267. The van der Waals surface area contributed by atoms with Crippen LogP contribution in [-0.2, 0) is 9.53 Å². The van der Waals surface area contributed by atoms with Gasteiger partial charge in [0.2, 0.25) is 5.91 Å². The maximum atomic E-state index is 11.7. The Bertz CT molecular complexity index is 601. The van der Waals surface area contributed by atoms with Crippen LogP contribution in [-0.4, -0.2) is 37.0 Å². The summed E-state index contributed by atoms with van der Waals surface area (Å²) >= 11 is 1.46. The van der Waals surface area contributed by atoms with Gasteiger partial charge in [-0.15, -0.1) is 11.8 Å². The third-order valence-electron chi connectivity index (χ3n) is 2.85. The van der Waals surface area contributed by atoms with Gasteiger partial charge in [-0.1, -0.05) is 24.3 Å². The highest BCUT2D eigenvalue weighted by atomic mass is 32.2. The molecule has 0 saturated carbocycles. The molecule has 20 heavy (non-hydrogen) atoms. The van der Waals surface area contributed by atoms with Gasteiger partial charge in [-0.3, -0.25) is 4.79 Å². The van der Waals surface area contributed by atoms with Gasteiger partial charge < -0.3 is 15.2 Å². The largest absolute Gasteiger partial charge is 0.507 e. The maximum absolute atomic E-state index is 11.7. The predicted molar refractivity (Wildman–Crippen MR) is 81.2 cm³/mol. The number of amides is 1. The van der Waals surface area contributed by atoms with E-state index in [0.717, 1.165) is 15.7 Å². The minimum atomic E-state index is -0.0239. The van der Waals surface area contributed by atoms with Crippen LogP contribution in [0.4, 0.5) is 0 Å². The maximum Gasteiger partial charge on any atom is 0.230 e. The number of benzene rings is 2. The molecule has 2 aromatic rings. The average Bonchev–Trinajstić information content (AvgIpc) is 2.47. The highest BCUT2D eigenvalue weighted by Crippen LogP contribution is 2.33. The normalized spacial score (nSPS) is 10.7. The van der Waals surface area contributed by atoms with Crippen LogP contribution >= 0.6 is 11.8 Å². The average molecular weight is 291 g/mol. The molecule has 5 heteroatoms. The summed E-state index contributed by atoms with van der Waals surface area (Å²) in [5, 5.41) is 14.4.